The summed E-state index contributed by atoms with van der Waals surface area (Å²) < 4.78 is 10.4. The Labute approximate surface area is 118 Å². The number of aliphatic hydroxyl groups excluding tert-OH is 2. The van der Waals surface area contributed by atoms with Crippen LogP contribution in [0.2, 0.25) is 5.02 Å². The summed E-state index contributed by atoms with van der Waals surface area (Å²) in [5, 5.41) is 22.1. The zero-order chi connectivity index (χ0) is 14.5. The van der Waals surface area contributed by atoms with Crippen molar-refractivity contribution in [3.63, 3.8) is 0 Å². The topological polar surface area (TPSA) is 71.0 Å². The van der Waals surface area contributed by atoms with Gasteiger partial charge in [-0.25, -0.2) is 0 Å². The summed E-state index contributed by atoms with van der Waals surface area (Å²) in [6.07, 6.45) is 0. The maximum absolute atomic E-state index is 9.25. The minimum Gasteiger partial charge on any atom is -0.495 e. The van der Waals surface area contributed by atoms with Crippen molar-refractivity contribution in [2.75, 3.05) is 39.3 Å². The molecule has 0 heterocycles. The highest BCUT2D eigenvalue weighted by molar-refractivity contribution is 6.32. The van der Waals surface area contributed by atoms with Crippen LogP contribution in [0.4, 0.5) is 5.69 Å². The maximum Gasteiger partial charge on any atom is 0.145 e. The van der Waals surface area contributed by atoms with Crippen molar-refractivity contribution in [3.05, 3.63) is 17.2 Å². The molecule has 0 bridgehead atoms. The SMILES string of the molecule is COc1cc(OC)c(NCC(C)(CO)CO)cc1Cl. The summed E-state index contributed by atoms with van der Waals surface area (Å²) >= 11 is 6.06. The van der Waals surface area contributed by atoms with Crippen LogP contribution in [0, 0.1) is 5.41 Å². The first-order valence-electron chi connectivity index (χ1n) is 5.87. The highest BCUT2D eigenvalue weighted by Crippen LogP contribution is 2.36. The number of halogens is 1. The lowest BCUT2D eigenvalue weighted by Crippen LogP contribution is -2.34. The van der Waals surface area contributed by atoms with Crippen molar-refractivity contribution < 1.29 is 19.7 Å². The number of hydrogen-bond acceptors (Lipinski definition) is 5. The van der Waals surface area contributed by atoms with Crippen molar-refractivity contribution in [2.45, 2.75) is 6.92 Å². The lowest BCUT2D eigenvalue weighted by atomic mass is 9.93. The zero-order valence-electron chi connectivity index (χ0n) is 11.4. The van der Waals surface area contributed by atoms with Gasteiger partial charge in [0, 0.05) is 18.0 Å². The maximum atomic E-state index is 9.25. The molecule has 0 fully saturated rings. The Morgan fingerprint density at radius 2 is 1.74 bits per heavy atom. The molecular formula is C13H20ClNO4. The minimum atomic E-state index is -0.614. The summed E-state index contributed by atoms with van der Waals surface area (Å²) in [5.41, 5.74) is 0.0682. The Morgan fingerprint density at radius 1 is 1.16 bits per heavy atom. The largest absolute Gasteiger partial charge is 0.495 e. The molecule has 3 N–H and O–H groups in total. The van der Waals surface area contributed by atoms with E-state index in [-0.39, 0.29) is 13.2 Å². The summed E-state index contributed by atoms with van der Waals surface area (Å²) in [5.74, 6) is 1.11. The fourth-order valence-electron chi connectivity index (χ4n) is 1.47. The van der Waals surface area contributed by atoms with E-state index in [9.17, 15) is 10.2 Å². The van der Waals surface area contributed by atoms with Gasteiger partial charge in [-0.1, -0.05) is 18.5 Å². The molecule has 0 spiro atoms. The molecule has 0 saturated heterocycles. The quantitative estimate of drug-likeness (QED) is 0.713. The molecule has 0 unspecified atom stereocenters. The van der Waals surface area contributed by atoms with Gasteiger partial charge in [0.2, 0.25) is 0 Å². The standard InChI is InChI=1S/C13H20ClNO4/c1-13(7-16,8-17)6-15-10-4-9(14)11(18-2)5-12(10)19-3/h4-5,15-17H,6-8H2,1-3H3. The van der Waals surface area contributed by atoms with Gasteiger partial charge in [-0.2, -0.15) is 0 Å². The van der Waals surface area contributed by atoms with Gasteiger partial charge in [-0.15, -0.1) is 0 Å². The highest BCUT2D eigenvalue weighted by atomic mass is 35.5. The fraction of sp³-hybridized carbons (Fsp3) is 0.538. The number of ether oxygens (including phenoxy) is 2. The molecule has 19 heavy (non-hydrogen) atoms. The summed E-state index contributed by atoms with van der Waals surface area (Å²) in [6, 6.07) is 3.37. The number of anilines is 1. The molecule has 108 valence electrons. The van der Waals surface area contributed by atoms with Crippen molar-refractivity contribution in [3.8, 4) is 11.5 Å². The predicted molar refractivity (Wildman–Crippen MR) is 75.3 cm³/mol. The average molecular weight is 290 g/mol. The van der Waals surface area contributed by atoms with E-state index in [0.717, 1.165) is 0 Å². The van der Waals surface area contributed by atoms with E-state index < -0.39 is 5.41 Å². The van der Waals surface area contributed by atoms with Crippen molar-refractivity contribution in [2.24, 2.45) is 5.41 Å². The molecule has 0 atom stereocenters. The monoisotopic (exact) mass is 289 g/mol. The van der Waals surface area contributed by atoms with Crippen molar-refractivity contribution in [1.29, 1.82) is 0 Å². The number of aliphatic hydroxyl groups is 2. The van der Waals surface area contributed by atoms with E-state index in [2.05, 4.69) is 5.32 Å². The van der Waals surface area contributed by atoms with Crippen LogP contribution in [0.5, 0.6) is 11.5 Å². The third kappa shape index (κ3) is 3.89. The lowest BCUT2D eigenvalue weighted by molar-refractivity contribution is 0.0806. The second-order valence-corrected chi connectivity index (χ2v) is 5.07. The number of benzene rings is 1. The van der Waals surface area contributed by atoms with Crippen LogP contribution in [-0.4, -0.2) is 44.2 Å². The number of hydrogen-bond donors (Lipinski definition) is 3. The van der Waals surface area contributed by atoms with Gasteiger partial charge in [0.1, 0.15) is 11.5 Å². The molecule has 5 nitrogen and oxygen atoms in total. The molecular weight excluding hydrogens is 270 g/mol. The number of rotatable bonds is 7. The van der Waals surface area contributed by atoms with E-state index in [1.807, 2.05) is 0 Å². The zero-order valence-corrected chi connectivity index (χ0v) is 12.1. The summed E-state index contributed by atoms with van der Waals surface area (Å²) in [4.78, 5) is 0. The molecule has 1 rings (SSSR count). The second kappa shape index (κ2) is 6.84. The molecule has 1 aromatic rings. The lowest BCUT2D eigenvalue weighted by Gasteiger charge is -2.26. The van der Waals surface area contributed by atoms with Crippen LogP contribution in [0.15, 0.2) is 12.1 Å². The third-order valence-corrected chi connectivity index (χ3v) is 3.24. The van der Waals surface area contributed by atoms with E-state index in [1.165, 1.54) is 7.11 Å². The first-order valence-corrected chi connectivity index (χ1v) is 6.24. The molecule has 0 aliphatic rings. The fourth-order valence-corrected chi connectivity index (χ4v) is 1.71. The molecule has 6 heteroatoms. The van der Waals surface area contributed by atoms with Gasteiger partial charge in [0.05, 0.1) is 38.1 Å². The molecule has 0 saturated carbocycles. The summed E-state index contributed by atoms with van der Waals surface area (Å²) in [6.45, 7) is 1.92. The van der Waals surface area contributed by atoms with Crippen LogP contribution < -0.4 is 14.8 Å². The Balaban J connectivity index is 2.92. The van der Waals surface area contributed by atoms with Gasteiger partial charge in [-0.3, -0.25) is 0 Å². The molecule has 0 aliphatic heterocycles. The number of methoxy groups -OCH3 is 2. The Kier molecular flexibility index (Phi) is 5.72. The van der Waals surface area contributed by atoms with Crippen LogP contribution in [0.3, 0.4) is 0 Å². The van der Waals surface area contributed by atoms with E-state index >= 15 is 0 Å². The van der Waals surface area contributed by atoms with E-state index in [0.29, 0.717) is 28.8 Å². The van der Waals surface area contributed by atoms with Gasteiger partial charge in [0.25, 0.3) is 0 Å². The molecule has 1 aromatic carbocycles. The van der Waals surface area contributed by atoms with Crippen LogP contribution in [-0.2, 0) is 0 Å². The Morgan fingerprint density at radius 3 is 2.21 bits per heavy atom. The minimum absolute atomic E-state index is 0.122. The number of nitrogens with one attached hydrogen (secondary N) is 1. The van der Waals surface area contributed by atoms with Gasteiger partial charge < -0.3 is 25.0 Å². The molecule has 0 aromatic heterocycles. The normalized spacial score (nSPS) is 11.3. The smallest absolute Gasteiger partial charge is 0.145 e. The molecule has 0 radical (unpaired) electrons. The molecule has 0 aliphatic carbocycles. The predicted octanol–water partition coefficient (Wildman–Crippen LogP) is 1.76. The average Bonchev–Trinajstić information content (AvgIpc) is 2.44. The third-order valence-electron chi connectivity index (χ3n) is 2.94. The van der Waals surface area contributed by atoms with Crippen LogP contribution in [0.25, 0.3) is 0 Å². The molecule has 0 amide bonds. The first kappa shape index (κ1) is 15.9. The van der Waals surface area contributed by atoms with Crippen molar-refractivity contribution >= 4 is 17.3 Å². The van der Waals surface area contributed by atoms with Gasteiger partial charge in [0.15, 0.2) is 0 Å². The van der Waals surface area contributed by atoms with Gasteiger partial charge >= 0.3 is 0 Å². The first-order chi connectivity index (χ1) is 8.99. The van der Waals surface area contributed by atoms with E-state index in [1.54, 1.807) is 26.2 Å². The van der Waals surface area contributed by atoms with Gasteiger partial charge in [-0.05, 0) is 6.07 Å². The van der Waals surface area contributed by atoms with Crippen LogP contribution in [0.1, 0.15) is 6.92 Å². The van der Waals surface area contributed by atoms with Crippen molar-refractivity contribution in [1.82, 2.24) is 0 Å². The Bertz CT molecular complexity index is 421. The highest BCUT2D eigenvalue weighted by Gasteiger charge is 2.23. The van der Waals surface area contributed by atoms with E-state index in [4.69, 9.17) is 21.1 Å². The van der Waals surface area contributed by atoms with Crippen LogP contribution >= 0.6 is 11.6 Å². The second-order valence-electron chi connectivity index (χ2n) is 4.67. The summed E-state index contributed by atoms with van der Waals surface area (Å²) in [7, 11) is 3.08. The Hall–Kier alpha value is -1.17.